The molecule has 0 atom stereocenters. The molecule has 0 amide bonds. The summed E-state index contributed by atoms with van der Waals surface area (Å²) in [4.78, 5) is 12.9. The molecule has 0 saturated carbocycles. The van der Waals surface area contributed by atoms with Crippen LogP contribution in [0.4, 0.5) is 10.1 Å². The van der Waals surface area contributed by atoms with Gasteiger partial charge in [0.15, 0.2) is 0 Å². The van der Waals surface area contributed by atoms with Gasteiger partial charge in [-0.3, -0.25) is 4.79 Å². The van der Waals surface area contributed by atoms with E-state index in [1.165, 1.54) is 19.2 Å². The normalized spacial score (nSPS) is 9.94. The summed E-state index contributed by atoms with van der Waals surface area (Å²) in [5, 5.41) is 0. The molecule has 1 aromatic rings. The average molecular weight is 270 g/mol. The van der Waals surface area contributed by atoms with Crippen LogP contribution in [0.25, 0.3) is 0 Å². The van der Waals surface area contributed by atoms with Crippen LogP contribution in [0.3, 0.4) is 0 Å². The number of thiocarbonyl (C=S) groups is 1. The number of nitrogens with zero attached hydrogens (tertiary/aromatic N) is 1. The third-order valence-electron chi connectivity index (χ3n) is 2.51. The fraction of sp³-hybridized carbons (Fsp3) is 0.333. The van der Waals surface area contributed by atoms with Crippen LogP contribution in [0, 0.1) is 5.82 Å². The Morgan fingerprint density at radius 2 is 2.22 bits per heavy atom. The summed E-state index contributed by atoms with van der Waals surface area (Å²) in [7, 11) is 1.31. The van der Waals surface area contributed by atoms with Crippen molar-refractivity contribution in [1.29, 1.82) is 0 Å². The third-order valence-corrected chi connectivity index (χ3v) is 2.73. The molecule has 1 aromatic carbocycles. The molecule has 0 unspecified atom stereocenters. The van der Waals surface area contributed by atoms with Crippen LogP contribution < -0.4 is 10.6 Å². The van der Waals surface area contributed by atoms with Gasteiger partial charge in [0.2, 0.25) is 0 Å². The van der Waals surface area contributed by atoms with E-state index < -0.39 is 5.82 Å². The number of carbonyl (C=O) groups is 1. The van der Waals surface area contributed by atoms with Gasteiger partial charge < -0.3 is 15.4 Å². The Hall–Kier alpha value is -1.69. The summed E-state index contributed by atoms with van der Waals surface area (Å²) in [5.41, 5.74) is 6.16. The summed E-state index contributed by atoms with van der Waals surface area (Å²) in [5.74, 6) is -0.876. The number of anilines is 1. The number of rotatable bonds is 5. The van der Waals surface area contributed by atoms with Gasteiger partial charge >= 0.3 is 5.97 Å². The van der Waals surface area contributed by atoms with Crippen molar-refractivity contribution >= 4 is 28.9 Å². The van der Waals surface area contributed by atoms with Crippen molar-refractivity contribution in [2.75, 3.05) is 25.1 Å². The molecular formula is C12H15FN2O2S. The highest BCUT2D eigenvalue weighted by Gasteiger charge is 2.13. The molecule has 1 rings (SSSR count). The lowest BCUT2D eigenvalue weighted by Gasteiger charge is -2.22. The number of ether oxygens (including phenoxy) is 1. The number of hydrogen-bond acceptors (Lipinski definition) is 4. The Balaban J connectivity index is 2.97. The van der Waals surface area contributed by atoms with Crippen LogP contribution in [0.1, 0.15) is 12.5 Å². The first-order valence-corrected chi connectivity index (χ1v) is 5.81. The molecule has 0 aliphatic heterocycles. The van der Waals surface area contributed by atoms with E-state index in [1.54, 1.807) is 11.0 Å². The topological polar surface area (TPSA) is 55.6 Å². The Bertz CT molecular complexity index is 465. The molecule has 0 heterocycles. The maximum Gasteiger partial charge on any atom is 0.325 e. The fourth-order valence-electron chi connectivity index (χ4n) is 1.51. The van der Waals surface area contributed by atoms with Crippen molar-refractivity contribution in [3.8, 4) is 0 Å². The minimum absolute atomic E-state index is 0.00932. The number of likely N-dealkylation sites (N-methyl/N-ethyl adjacent to an activating group) is 1. The molecule has 6 heteroatoms. The van der Waals surface area contributed by atoms with E-state index in [0.717, 1.165) is 0 Å². The maximum atomic E-state index is 13.7. The quantitative estimate of drug-likeness (QED) is 0.648. The van der Waals surface area contributed by atoms with Crippen LogP contribution in [0.2, 0.25) is 0 Å². The summed E-state index contributed by atoms with van der Waals surface area (Å²) in [6, 6.07) is 4.48. The van der Waals surface area contributed by atoms with Gasteiger partial charge in [0, 0.05) is 17.8 Å². The van der Waals surface area contributed by atoms with Gasteiger partial charge in [0.05, 0.1) is 7.11 Å². The highest BCUT2D eigenvalue weighted by molar-refractivity contribution is 7.80. The second kappa shape index (κ2) is 6.30. The van der Waals surface area contributed by atoms with E-state index in [0.29, 0.717) is 12.2 Å². The van der Waals surface area contributed by atoms with Gasteiger partial charge in [-0.05, 0) is 25.1 Å². The van der Waals surface area contributed by atoms with Gasteiger partial charge in [-0.25, -0.2) is 4.39 Å². The van der Waals surface area contributed by atoms with Gasteiger partial charge in [-0.15, -0.1) is 0 Å². The lowest BCUT2D eigenvalue weighted by atomic mass is 10.2. The van der Waals surface area contributed by atoms with Gasteiger partial charge in [0.1, 0.15) is 17.4 Å². The summed E-state index contributed by atoms with van der Waals surface area (Å²) in [6.45, 7) is 2.49. The highest BCUT2D eigenvalue weighted by Crippen LogP contribution is 2.18. The largest absolute Gasteiger partial charge is 0.468 e. The van der Waals surface area contributed by atoms with Crippen LogP contribution in [-0.4, -0.2) is 31.2 Å². The predicted molar refractivity (Wildman–Crippen MR) is 72.2 cm³/mol. The second-order valence-electron chi connectivity index (χ2n) is 3.62. The number of nitrogens with two attached hydrogens (primary N) is 1. The fourth-order valence-corrected chi connectivity index (χ4v) is 1.67. The van der Waals surface area contributed by atoms with Crippen LogP contribution in [0.5, 0.6) is 0 Å². The van der Waals surface area contributed by atoms with Crippen LogP contribution in [0.15, 0.2) is 18.2 Å². The Kier molecular flexibility index (Phi) is 5.03. The molecule has 0 aromatic heterocycles. The Morgan fingerprint density at radius 3 is 2.67 bits per heavy atom. The average Bonchev–Trinajstić information content (AvgIpc) is 2.34. The molecule has 4 nitrogen and oxygen atoms in total. The zero-order valence-electron chi connectivity index (χ0n) is 10.3. The van der Waals surface area contributed by atoms with Crippen molar-refractivity contribution in [2.24, 2.45) is 5.73 Å². The lowest BCUT2D eigenvalue weighted by Crippen LogP contribution is -2.30. The van der Waals surface area contributed by atoms with Crippen molar-refractivity contribution in [3.05, 3.63) is 29.6 Å². The van der Waals surface area contributed by atoms with Crippen molar-refractivity contribution in [1.82, 2.24) is 0 Å². The van der Waals surface area contributed by atoms with Crippen molar-refractivity contribution in [3.63, 3.8) is 0 Å². The number of esters is 1. The number of halogens is 1. The number of carbonyl (C=O) groups excluding carboxylic acids is 1. The summed E-state index contributed by atoms with van der Waals surface area (Å²) in [6.07, 6.45) is 0. The SMILES string of the molecule is CCN(CC(=O)OC)c1ccc(C(N)=S)c(F)c1. The summed E-state index contributed by atoms with van der Waals surface area (Å²) < 4.78 is 18.3. The Morgan fingerprint density at radius 1 is 1.56 bits per heavy atom. The maximum absolute atomic E-state index is 13.7. The standard InChI is InChI=1S/C12H15FN2O2S/c1-3-15(7-11(16)17-2)8-4-5-9(12(14)18)10(13)6-8/h4-6H,3,7H2,1-2H3,(H2,14,18). The Labute approximate surface area is 111 Å². The molecule has 0 fully saturated rings. The minimum Gasteiger partial charge on any atom is -0.468 e. The number of methoxy groups -OCH3 is 1. The predicted octanol–water partition coefficient (Wildman–Crippen LogP) is 1.46. The molecule has 98 valence electrons. The smallest absolute Gasteiger partial charge is 0.325 e. The number of benzene rings is 1. The molecule has 0 aliphatic rings. The molecule has 0 spiro atoms. The van der Waals surface area contributed by atoms with Gasteiger partial charge in [-0.2, -0.15) is 0 Å². The third kappa shape index (κ3) is 3.40. The minimum atomic E-state index is -0.497. The van der Waals surface area contributed by atoms with E-state index in [4.69, 9.17) is 18.0 Å². The molecular weight excluding hydrogens is 255 g/mol. The van der Waals surface area contributed by atoms with Crippen molar-refractivity contribution < 1.29 is 13.9 Å². The van der Waals surface area contributed by atoms with Crippen molar-refractivity contribution in [2.45, 2.75) is 6.92 Å². The van der Waals surface area contributed by atoms with Gasteiger partial charge in [0.25, 0.3) is 0 Å². The zero-order valence-corrected chi connectivity index (χ0v) is 11.1. The first-order chi connectivity index (χ1) is 8.49. The van der Waals surface area contributed by atoms with Gasteiger partial charge in [-0.1, -0.05) is 12.2 Å². The van der Waals surface area contributed by atoms with E-state index in [2.05, 4.69) is 4.74 Å². The van der Waals surface area contributed by atoms with Crippen LogP contribution >= 0.6 is 12.2 Å². The molecule has 2 N–H and O–H groups in total. The van der Waals surface area contributed by atoms with E-state index in [-0.39, 0.29) is 23.1 Å². The molecule has 18 heavy (non-hydrogen) atoms. The molecule has 0 radical (unpaired) electrons. The van der Waals surface area contributed by atoms with E-state index in [1.807, 2.05) is 6.92 Å². The monoisotopic (exact) mass is 270 g/mol. The first-order valence-electron chi connectivity index (χ1n) is 5.40. The molecule has 0 aliphatic carbocycles. The molecule has 0 saturated heterocycles. The molecule has 0 bridgehead atoms. The van der Waals surface area contributed by atoms with E-state index in [9.17, 15) is 9.18 Å². The van der Waals surface area contributed by atoms with Crippen LogP contribution in [-0.2, 0) is 9.53 Å². The van der Waals surface area contributed by atoms with E-state index >= 15 is 0 Å². The zero-order chi connectivity index (χ0) is 13.7. The highest BCUT2D eigenvalue weighted by atomic mass is 32.1. The second-order valence-corrected chi connectivity index (χ2v) is 4.06. The number of hydrogen-bond donors (Lipinski definition) is 1. The first kappa shape index (κ1) is 14.4. The lowest BCUT2D eigenvalue weighted by molar-refractivity contribution is -0.138. The summed E-state index contributed by atoms with van der Waals surface area (Å²) >= 11 is 4.73.